The van der Waals surface area contributed by atoms with Gasteiger partial charge in [-0.05, 0) is 30.9 Å². The minimum absolute atomic E-state index is 0.0173. The topological polar surface area (TPSA) is 110 Å². The number of nitrogens with zero attached hydrogens (tertiary/aromatic N) is 4. The lowest BCUT2D eigenvalue weighted by Gasteiger charge is -2.19. The molecule has 0 aliphatic carbocycles. The van der Waals surface area contributed by atoms with Crippen LogP contribution in [0.3, 0.4) is 0 Å². The van der Waals surface area contributed by atoms with E-state index in [1.54, 1.807) is 12.4 Å². The molecule has 0 saturated heterocycles. The van der Waals surface area contributed by atoms with Crippen LogP contribution in [0.2, 0.25) is 5.02 Å². The summed E-state index contributed by atoms with van der Waals surface area (Å²) >= 11 is 9.09. The van der Waals surface area contributed by atoms with E-state index in [4.69, 9.17) is 22.3 Å². The third-order valence-electron chi connectivity index (χ3n) is 4.09. The van der Waals surface area contributed by atoms with Crippen molar-refractivity contribution in [2.45, 2.75) is 43.6 Å². The molecule has 0 saturated carbocycles. The normalized spacial score (nSPS) is 13.8. The van der Waals surface area contributed by atoms with Crippen LogP contribution in [0, 0.1) is 5.92 Å². The number of hydrogen-bond donors (Lipinski definition) is 3. The van der Waals surface area contributed by atoms with Gasteiger partial charge in [0.1, 0.15) is 4.70 Å². The Morgan fingerprint density at radius 1 is 1.29 bits per heavy atom. The van der Waals surface area contributed by atoms with Crippen molar-refractivity contribution in [2.24, 2.45) is 5.92 Å². The van der Waals surface area contributed by atoms with E-state index in [1.807, 2.05) is 13.0 Å². The molecule has 0 spiro atoms. The quantitative estimate of drug-likeness (QED) is 0.351. The van der Waals surface area contributed by atoms with Gasteiger partial charge in [-0.25, -0.2) is 15.0 Å². The second-order valence-electron chi connectivity index (χ2n) is 6.87. The van der Waals surface area contributed by atoms with Crippen molar-refractivity contribution >= 4 is 56.0 Å². The van der Waals surface area contributed by atoms with Crippen molar-refractivity contribution in [2.75, 3.05) is 17.7 Å². The highest BCUT2D eigenvalue weighted by molar-refractivity contribution is 7.99. The first-order chi connectivity index (χ1) is 13.4. The number of rotatable bonds is 8. The lowest BCUT2D eigenvalue weighted by molar-refractivity contribution is 0.259. The van der Waals surface area contributed by atoms with Crippen LogP contribution in [-0.2, 0) is 0 Å². The van der Waals surface area contributed by atoms with Crippen molar-refractivity contribution in [3.8, 4) is 0 Å². The molecule has 10 heteroatoms. The Labute approximate surface area is 177 Å². The Morgan fingerprint density at radius 3 is 2.75 bits per heavy atom. The van der Waals surface area contributed by atoms with Gasteiger partial charge in [0, 0.05) is 17.6 Å². The second kappa shape index (κ2) is 9.21. The maximum absolute atomic E-state index is 9.74. The Hall–Kier alpha value is -1.68. The maximum atomic E-state index is 9.74. The summed E-state index contributed by atoms with van der Waals surface area (Å²) in [5, 5.41) is 14.7. The SMILES string of the molecule is CC(C)C[C@H](CO)Nc1nc(S[C@@H](C)c2ccncc2Cl)nc2nc(N)sc12. The number of nitrogen functional groups attached to an aromatic ring is 1. The fourth-order valence-electron chi connectivity index (χ4n) is 2.85. The van der Waals surface area contributed by atoms with Crippen LogP contribution in [0.1, 0.15) is 38.0 Å². The Bertz CT molecular complexity index is 951. The number of aliphatic hydroxyl groups is 1. The third kappa shape index (κ3) is 5.02. The largest absolute Gasteiger partial charge is 0.394 e. The fourth-order valence-corrected chi connectivity index (χ4v) is 4.85. The van der Waals surface area contributed by atoms with Crippen molar-refractivity contribution in [3.63, 3.8) is 0 Å². The van der Waals surface area contributed by atoms with Gasteiger partial charge in [0.15, 0.2) is 21.8 Å². The summed E-state index contributed by atoms with van der Waals surface area (Å²) in [6, 6.07) is 1.79. The van der Waals surface area contributed by atoms with E-state index < -0.39 is 0 Å². The lowest BCUT2D eigenvalue weighted by atomic mass is 10.0. The number of thioether (sulfide) groups is 1. The van der Waals surface area contributed by atoms with Crippen molar-refractivity contribution < 1.29 is 5.11 Å². The Balaban J connectivity index is 1.92. The first kappa shape index (κ1) is 21.0. The van der Waals surface area contributed by atoms with Crippen LogP contribution < -0.4 is 11.1 Å². The molecule has 3 heterocycles. The molecular weight excluding hydrogens is 416 g/mol. The summed E-state index contributed by atoms with van der Waals surface area (Å²) in [7, 11) is 0. The first-order valence-corrected chi connectivity index (χ1v) is 11.0. The van der Waals surface area contributed by atoms with Gasteiger partial charge >= 0.3 is 0 Å². The number of aliphatic hydroxyl groups excluding tert-OH is 1. The zero-order valence-corrected chi connectivity index (χ0v) is 18.3. The monoisotopic (exact) mass is 438 g/mol. The minimum Gasteiger partial charge on any atom is -0.394 e. The molecule has 3 rings (SSSR count). The van der Waals surface area contributed by atoms with Crippen LogP contribution in [0.5, 0.6) is 0 Å². The number of nitrogens with two attached hydrogens (primary N) is 1. The molecule has 0 radical (unpaired) electrons. The Morgan fingerprint density at radius 2 is 2.07 bits per heavy atom. The smallest absolute Gasteiger partial charge is 0.192 e. The predicted molar refractivity (Wildman–Crippen MR) is 117 cm³/mol. The van der Waals surface area contributed by atoms with Gasteiger partial charge in [0.25, 0.3) is 0 Å². The van der Waals surface area contributed by atoms with E-state index >= 15 is 0 Å². The molecule has 150 valence electrons. The number of nitrogens with one attached hydrogen (secondary N) is 1. The number of fused-ring (bicyclic) bond motifs is 1. The molecule has 0 aliphatic heterocycles. The summed E-state index contributed by atoms with van der Waals surface area (Å²) in [6.07, 6.45) is 4.17. The highest BCUT2D eigenvalue weighted by atomic mass is 35.5. The number of hydrogen-bond acceptors (Lipinski definition) is 9. The van der Waals surface area contributed by atoms with Gasteiger partial charge in [0.05, 0.1) is 17.7 Å². The molecule has 2 atom stereocenters. The fraction of sp³-hybridized carbons (Fsp3) is 0.444. The van der Waals surface area contributed by atoms with E-state index in [-0.39, 0.29) is 17.9 Å². The molecule has 0 aliphatic rings. The molecule has 0 aromatic carbocycles. The summed E-state index contributed by atoms with van der Waals surface area (Å²) < 4.78 is 0.790. The van der Waals surface area contributed by atoms with Crippen LogP contribution >= 0.6 is 34.7 Å². The molecule has 0 amide bonds. The average molecular weight is 439 g/mol. The van der Waals surface area contributed by atoms with Gasteiger partial charge in [0.2, 0.25) is 0 Å². The van der Waals surface area contributed by atoms with Gasteiger partial charge in [-0.3, -0.25) is 4.98 Å². The summed E-state index contributed by atoms with van der Waals surface area (Å²) in [5.41, 5.74) is 7.41. The summed E-state index contributed by atoms with van der Waals surface area (Å²) in [5.74, 6) is 1.09. The Kier molecular flexibility index (Phi) is 6.92. The zero-order chi connectivity index (χ0) is 20.3. The van der Waals surface area contributed by atoms with Crippen LogP contribution in [0.4, 0.5) is 10.9 Å². The predicted octanol–water partition coefficient (Wildman–Crippen LogP) is 4.39. The molecule has 0 fully saturated rings. The highest BCUT2D eigenvalue weighted by Gasteiger charge is 2.19. The van der Waals surface area contributed by atoms with Crippen LogP contribution in [-0.4, -0.2) is 37.7 Å². The van der Waals surface area contributed by atoms with Crippen LogP contribution in [0.25, 0.3) is 10.3 Å². The standard InChI is InChI=1S/C18H23ClN6OS2/c1-9(2)6-11(8-26)22-15-14-16(23-17(20)28-14)25-18(24-15)27-10(3)12-4-5-21-7-13(12)19/h4-5,7,9-11,26H,6,8H2,1-3H3,(H3,20,22,23,24,25)/t10-,11+/m0/s1. The number of pyridine rings is 1. The van der Waals surface area contributed by atoms with E-state index in [2.05, 4.69) is 34.1 Å². The van der Waals surface area contributed by atoms with Crippen molar-refractivity contribution in [3.05, 3.63) is 29.0 Å². The summed E-state index contributed by atoms with van der Waals surface area (Å²) in [6.45, 7) is 6.29. The average Bonchev–Trinajstić information content (AvgIpc) is 3.01. The lowest BCUT2D eigenvalue weighted by Crippen LogP contribution is -2.26. The highest BCUT2D eigenvalue weighted by Crippen LogP contribution is 2.38. The first-order valence-electron chi connectivity index (χ1n) is 8.94. The number of aromatic nitrogens is 4. The van der Waals surface area contributed by atoms with Crippen molar-refractivity contribution in [1.29, 1.82) is 0 Å². The van der Waals surface area contributed by atoms with Gasteiger partial charge < -0.3 is 16.2 Å². The minimum atomic E-state index is -0.105. The number of halogens is 1. The number of thiazole rings is 1. The van der Waals surface area contributed by atoms with Crippen LogP contribution in [0.15, 0.2) is 23.6 Å². The molecule has 0 bridgehead atoms. The second-order valence-corrected chi connectivity index (χ2v) is 9.62. The summed E-state index contributed by atoms with van der Waals surface area (Å²) in [4.78, 5) is 17.6. The molecule has 28 heavy (non-hydrogen) atoms. The molecule has 4 N–H and O–H groups in total. The molecular formula is C18H23ClN6OS2. The van der Waals surface area contributed by atoms with E-state index in [0.717, 1.165) is 16.7 Å². The maximum Gasteiger partial charge on any atom is 0.192 e. The van der Waals surface area contributed by atoms with E-state index in [1.165, 1.54) is 23.1 Å². The molecule has 3 aromatic heterocycles. The number of anilines is 2. The third-order valence-corrected chi connectivity index (χ3v) is 6.29. The van der Waals surface area contributed by atoms with Gasteiger partial charge in [-0.2, -0.15) is 0 Å². The van der Waals surface area contributed by atoms with Gasteiger partial charge in [-0.15, -0.1) is 0 Å². The molecule has 7 nitrogen and oxygen atoms in total. The van der Waals surface area contributed by atoms with E-state index in [9.17, 15) is 5.11 Å². The molecule has 0 unspecified atom stereocenters. The van der Waals surface area contributed by atoms with E-state index in [0.29, 0.717) is 32.7 Å². The van der Waals surface area contributed by atoms with Gasteiger partial charge in [-0.1, -0.05) is 48.5 Å². The van der Waals surface area contributed by atoms with Crippen molar-refractivity contribution in [1.82, 2.24) is 19.9 Å². The zero-order valence-electron chi connectivity index (χ0n) is 15.9. The molecule has 3 aromatic rings.